The van der Waals surface area contributed by atoms with E-state index < -0.39 is 5.60 Å². The van der Waals surface area contributed by atoms with Crippen LogP contribution >= 0.6 is 11.6 Å². The number of carbonyl (C=O) groups is 1. The average molecular weight is 428 g/mol. The van der Waals surface area contributed by atoms with Crippen LogP contribution < -0.4 is 10.1 Å². The van der Waals surface area contributed by atoms with Crippen LogP contribution in [0.4, 0.5) is 5.69 Å². The molecule has 0 heterocycles. The Balaban J connectivity index is 2.74. The number of unbranched alkanes of at least 4 members (excludes halogenated alkanes) is 2. The standard InChI is InChI=1S/C23H38ClNO4/c1-7-9-10-13-23(5,29-15-8-2)21(26)25-18-11-12-20(19(24)17-18)28-16-14-22(3,4)27-6/h11-12,17H,7-10,13-16H2,1-6H3,(H,25,26). The summed E-state index contributed by atoms with van der Waals surface area (Å²) >= 11 is 6.36. The van der Waals surface area contributed by atoms with Gasteiger partial charge in [-0.1, -0.05) is 44.7 Å². The fourth-order valence-corrected chi connectivity index (χ4v) is 2.99. The summed E-state index contributed by atoms with van der Waals surface area (Å²) in [7, 11) is 1.69. The molecule has 0 bridgehead atoms. The van der Waals surface area contributed by atoms with Gasteiger partial charge in [0.1, 0.15) is 11.4 Å². The Morgan fingerprint density at radius 3 is 2.38 bits per heavy atom. The Morgan fingerprint density at radius 1 is 1.07 bits per heavy atom. The number of benzene rings is 1. The Kier molecular flexibility index (Phi) is 11.0. The maximum atomic E-state index is 12.9. The number of halogens is 1. The predicted molar refractivity (Wildman–Crippen MR) is 120 cm³/mol. The normalized spacial score (nSPS) is 13.8. The molecule has 0 radical (unpaired) electrons. The zero-order valence-corrected chi connectivity index (χ0v) is 19.7. The van der Waals surface area contributed by atoms with Crippen molar-refractivity contribution in [3.8, 4) is 5.75 Å². The molecule has 166 valence electrons. The molecule has 1 N–H and O–H groups in total. The van der Waals surface area contributed by atoms with Gasteiger partial charge in [-0.15, -0.1) is 0 Å². The van der Waals surface area contributed by atoms with Gasteiger partial charge in [0.25, 0.3) is 5.91 Å². The zero-order chi connectivity index (χ0) is 21.9. The lowest BCUT2D eigenvalue weighted by molar-refractivity contribution is -0.140. The molecule has 1 unspecified atom stereocenters. The number of amides is 1. The quantitative estimate of drug-likeness (QED) is 0.357. The monoisotopic (exact) mass is 427 g/mol. The molecule has 0 saturated carbocycles. The molecule has 1 aromatic carbocycles. The Bertz CT molecular complexity index is 635. The molecule has 0 aliphatic carbocycles. The molecule has 1 aromatic rings. The Labute approximate surface area is 181 Å². The molecule has 0 spiro atoms. The van der Waals surface area contributed by atoms with Crippen LogP contribution in [0.5, 0.6) is 5.75 Å². The van der Waals surface area contributed by atoms with E-state index in [1.165, 1.54) is 0 Å². The fourth-order valence-electron chi connectivity index (χ4n) is 2.76. The van der Waals surface area contributed by atoms with Gasteiger partial charge in [0, 0.05) is 25.8 Å². The average Bonchev–Trinajstić information content (AvgIpc) is 2.68. The maximum absolute atomic E-state index is 12.9. The van der Waals surface area contributed by atoms with E-state index in [0.717, 1.165) is 32.1 Å². The van der Waals surface area contributed by atoms with Crippen molar-refractivity contribution in [2.24, 2.45) is 0 Å². The van der Waals surface area contributed by atoms with Crippen molar-refractivity contribution in [3.63, 3.8) is 0 Å². The highest BCUT2D eigenvalue weighted by Crippen LogP contribution is 2.30. The van der Waals surface area contributed by atoms with E-state index in [2.05, 4.69) is 12.2 Å². The minimum absolute atomic E-state index is 0.145. The number of anilines is 1. The van der Waals surface area contributed by atoms with Crippen LogP contribution in [0.1, 0.15) is 73.1 Å². The largest absolute Gasteiger partial charge is 0.492 e. The van der Waals surface area contributed by atoms with E-state index >= 15 is 0 Å². The summed E-state index contributed by atoms with van der Waals surface area (Å²) in [6.07, 6.45) is 5.43. The summed E-state index contributed by atoms with van der Waals surface area (Å²) < 4.78 is 17.1. The highest BCUT2D eigenvalue weighted by atomic mass is 35.5. The second-order valence-electron chi connectivity index (χ2n) is 8.20. The second-order valence-corrected chi connectivity index (χ2v) is 8.61. The van der Waals surface area contributed by atoms with Gasteiger partial charge in [-0.2, -0.15) is 0 Å². The fraction of sp³-hybridized carbons (Fsp3) is 0.696. The van der Waals surface area contributed by atoms with Crippen LogP contribution in [-0.4, -0.2) is 37.4 Å². The first-order valence-corrected chi connectivity index (χ1v) is 11.0. The second kappa shape index (κ2) is 12.4. The topological polar surface area (TPSA) is 56.8 Å². The number of methoxy groups -OCH3 is 1. The predicted octanol–water partition coefficient (Wildman–Crippen LogP) is 6.24. The molecule has 6 heteroatoms. The number of rotatable bonds is 14. The van der Waals surface area contributed by atoms with Gasteiger partial charge in [-0.05, 0) is 51.8 Å². The van der Waals surface area contributed by atoms with E-state index in [-0.39, 0.29) is 11.5 Å². The van der Waals surface area contributed by atoms with Crippen LogP contribution in [0.25, 0.3) is 0 Å². The summed E-state index contributed by atoms with van der Waals surface area (Å²) in [4.78, 5) is 12.9. The summed E-state index contributed by atoms with van der Waals surface area (Å²) in [6, 6.07) is 5.29. The molecule has 1 amide bonds. The molecule has 0 aliphatic heterocycles. The maximum Gasteiger partial charge on any atom is 0.256 e. The molecule has 5 nitrogen and oxygen atoms in total. The molecule has 29 heavy (non-hydrogen) atoms. The van der Waals surface area contributed by atoms with E-state index in [4.69, 9.17) is 25.8 Å². The summed E-state index contributed by atoms with van der Waals surface area (Å²) in [5.41, 5.74) is -0.467. The zero-order valence-electron chi connectivity index (χ0n) is 18.9. The van der Waals surface area contributed by atoms with E-state index in [9.17, 15) is 4.79 Å². The molecule has 0 fully saturated rings. The lowest BCUT2D eigenvalue weighted by Gasteiger charge is -2.29. The summed E-state index contributed by atoms with van der Waals surface area (Å²) in [6.45, 7) is 11.1. The highest BCUT2D eigenvalue weighted by Gasteiger charge is 2.33. The van der Waals surface area contributed by atoms with Crippen LogP contribution in [0.15, 0.2) is 18.2 Å². The molecule has 1 rings (SSSR count). The number of ether oxygens (including phenoxy) is 3. The Morgan fingerprint density at radius 2 is 1.79 bits per heavy atom. The van der Waals surface area contributed by atoms with Crippen molar-refractivity contribution in [3.05, 3.63) is 23.2 Å². The van der Waals surface area contributed by atoms with Gasteiger partial charge in [-0.25, -0.2) is 0 Å². The lowest BCUT2D eigenvalue weighted by Crippen LogP contribution is -2.43. The Hall–Kier alpha value is -1.30. The van der Waals surface area contributed by atoms with Crippen molar-refractivity contribution in [2.75, 3.05) is 25.6 Å². The summed E-state index contributed by atoms with van der Waals surface area (Å²) in [5, 5.41) is 3.41. The van der Waals surface area contributed by atoms with Crippen LogP contribution in [0.2, 0.25) is 5.02 Å². The number of hydrogen-bond acceptors (Lipinski definition) is 4. The van der Waals surface area contributed by atoms with Crippen LogP contribution in [-0.2, 0) is 14.3 Å². The first-order chi connectivity index (χ1) is 13.7. The van der Waals surface area contributed by atoms with Gasteiger partial charge >= 0.3 is 0 Å². The van der Waals surface area contributed by atoms with Gasteiger partial charge in [0.15, 0.2) is 0 Å². The van der Waals surface area contributed by atoms with Crippen LogP contribution in [0, 0.1) is 0 Å². The molecular formula is C23H38ClNO4. The van der Waals surface area contributed by atoms with Gasteiger partial charge in [0.2, 0.25) is 0 Å². The van der Waals surface area contributed by atoms with Crippen molar-refractivity contribution in [1.82, 2.24) is 0 Å². The van der Waals surface area contributed by atoms with E-state index in [1.54, 1.807) is 25.3 Å². The summed E-state index contributed by atoms with van der Waals surface area (Å²) in [5.74, 6) is 0.443. The van der Waals surface area contributed by atoms with Crippen molar-refractivity contribution in [2.45, 2.75) is 84.3 Å². The first kappa shape index (κ1) is 25.7. The minimum atomic E-state index is -0.849. The number of nitrogens with one attached hydrogen (secondary N) is 1. The van der Waals surface area contributed by atoms with E-state index in [1.807, 2.05) is 27.7 Å². The molecule has 1 atom stereocenters. The first-order valence-electron chi connectivity index (χ1n) is 10.6. The highest BCUT2D eigenvalue weighted by molar-refractivity contribution is 6.32. The molecule has 0 aliphatic rings. The number of carbonyl (C=O) groups excluding carboxylic acids is 1. The van der Waals surface area contributed by atoms with Gasteiger partial charge in [0.05, 0.1) is 17.2 Å². The third kappa shape index (κ3) is 8.93. The van der Waals surface area contributed by atoms with Gasteiger partial charge in [-0.3, -0.25) is 4.79 Å². The lowest BCUT2D eigenvalue weighted by atomic mass is 9.96. The third-order valence-corrected chi connectivity index (χ3v) is 5.36. The van der Waals surface area contributed by atoms with Crippen molar-refractivity contribution < 1.29 is 19.0 Å². The molecule has 0 saturated heterocycles. The number of hydrogen-bond donors (Lipinski definition) is 1. The van der Waals surface area contributed by atoms with E-state index in [0.29, 0.717) is 36.1 Å². The minimum Gasteiger partial charge on any atom is -0.492 e. The van der Waals surface area contributed by atoms with Crippen molar-refractivity contribution >= 4 is 23.2 Å². The molecule has 0 aromatic heterocycles. The van der Waals surface area contributed by atoms with Gasteiger partial charge < -0.3 is 19.5 Å². The SMILES string of the molecule is CCCCCC(C)(OCCC)C(=O)Nc1ccc(OCCC(C)(C)OC)c(Cl)c1. The smallest absolute Gasteiger partial charge is 0.256 e. The third-order valence-electron chi connectivity index (χ3n) is 5.07. The van der Waals surface area contributed by atoms with Crippen LogP contribution in [0.3, 0.4) is 0 Å². The van der Waals surface area contributed by atoms with Crippen molar-refractivity contribution in [1.29, 1.82) is 0 Å². The molecular weight excluding hydrogens is 390 g/mol.